The van der Waals surface area contributed by atoms with Gasteiger partial charge in [0.05, 0.1) is 35.8 Å². The Morgan fingerprint density at radius 3 is 2.49 bits per heavy atom. The van der Waals surface area contributed by atoms with Gasteiger partial charge >= 0.3 is 5.97 Å². The second kappa shape index (κ2) is 10.1. The lowest BCUT2D eigenvalue weighted by Crippen LogP contribution is -2.61. The molecule has 2 unspecified atom stereocenters. The minimum absolute atomic E-state index is 0.0121. The minimum Gasteiger partial charge on any atom is -0.466 e. The van der Waals surface area contributed by atoms with E-state index in [1.54, 1.807) is 29.7 Å². The normalized spacial score (nSPS) is 30.9. The highest BCUT2D eigenvalue weighted by Gasteiger charge is 2.75. The predicted octanol–water partition coefficient (Wildman–Crippen LogP) is 3.64. The zero-order chi connectivity index (χ0) is 26.3. The van der Waals surface area contributed by atoms with Crippen molar-refractivity contribution in [3.05, 3.63) is 12.7 Å². The molecule has 2 bridgehead atoms. The smallest absolute Gasteiger partial charge is 0.310 e. The maximum atomic E-state index is 14.6. The van der Waals surface area contributed by atoms with E-state index in [-0.39, 0.29) is 41.7 Å². The van der Waals surface area contributed by atoms with Crippen LogP contribution in [-0.4, -0.2) is 80.1 Å². The zero-order valence-electron chi connectivity index (χ0n) is 22.5. The van der Waals surface area contributed by atoms with Crippen LogP contribution in [0.4, 0.5) is 0 Å². The maximum absolute atomic E-state index is 14.6. The number of thioether (sulfide) groups is 1. The molecule has 3 aliphatic heterocycles. The van der Waals surface area contributed by atoms with Crippen molar-refractivity contribution >= 4 is 29.5 Å². The van der Waals surface area contributed by atoms with Crippen LogP contribution in [0.3, 0.4) is 0 Å². The number of aliphatic hydroxyl groups excluding tert-OH is 1. The summed E-state index contributed by atoms with van der Waals surface area (Å²) < 4.78 is 4.71. The van der Waals surface area contributed by atoms with E-state index in [0.717, 1.165) is 12.8 Å². The van der Waals surface area contributed by atoms with E-state index in [1.807, 2.05) is 11.8 Å². The summed E-state index contributed by atoms with van der Waals surface area (Å²) >= 11 is 1.64. The van der Waals surface area contributed by atoms with Crippen molar-refractivity contribution in [2.45, 2.75) is 102 Å². The molecular weight excluding hydrogens is 464 g/mol. The number of hydrogen-bond acceptors (Lipinski definition) is 6. The van der Waals surface area contributed by atoms with Gasteiger partial charge in [0.15, 0.2) is 0 Å². The standard InChI is InChI=1S/C27H44N2O5S/c1-9-14-28(26(7,8)16-25(4,5)6)23(32)21-27-13-12-18(35-27)19(24(33)34-11-3)20(27)22(31)29(21)17(10-2)15-30/h9,17-21,30H,1,10-16H2,2-8H3/t17-,18-,19+,20-,21?,27?/m0/s1. The first-order valence-electron chi connectivity index (χ1n) is 13.0. The number of likely N-dealkylation sites (tertiary alicyclic amines) is 1. The molecule has 3 aliphatic rings. The highest BCUT2D eigenvalue weighted by molar-refractivity contribution is 8.02. The van der Waals surface area contributed by atoms with E-state index in [9.17, 15) is 19.5 Å². The fraction of sp³-hybridized carbons (Fsp3) is 0.815. The Balaban J connectivity index is 2.11. The van der Waals surface area contributed by atoms with Gasteiger partial charge < -0.3 is 19.6 Å². The van der Waals surface area contributed by atoms with Crippen LogP contribution in [0, 0.1) is 17.3 Å². The second-order valence-corrected chi connectivity index (χ2v) is 13.7. The first-order chi connectivity index (χ1) is 16.3. The van der Waals surface area contributed by atoms with Crippen molar-refractivity contribution in [1.29, 1.82) is 0 Å². The molecule has 0 radical (unpaired) electrons. The number of carbonyl (C=O) groups is 3. The van der Waals surface area contributed by atoms with Gasteiger partial charge in [0, 0.05) is 17.3 Å². The Morgan fingerprint density at radius 1 is 1.31 bits per heavy atom. The molecule has 7 nitrogen and oxygen atoms in total. The molecule has 0 saturated carbocycles. The summed E-state index contributed by atoms with van der Waals surface area (Å²) in [5.41, 5.74) is -0.489. The molecule has 2 amide bonds. The van der Waals surface area contributed by atoms with Crippen LogP contribution in [0.5, 0.6) is 0 Å². The predicted molar refractivity (Wildman–Crippen MR) is 139 cm³/mol. The fourth-order valence-electron chi connectivity index (χ4n) is 6.99. The molecule has 0 aromatic rings. The lowest BCUT2D eigenvalue weighted by Gasteiger charge is -2.46. The molecule has 198 valence electrons. The molecule has 8 heteroatoms. The lowest BCUT2D eigenvalue weighted by molar-refractivity contribution is -0.154. The van der Waals surface area contributed by atoms with Crippen molar-refractivity contribution in [2.24, 2.45) is 17.3 Å². The highest BCUT2D eigenvalue weighted by Crippen LogP contribution is 2.67. The number of amides is 2. The molecule has 6 atom stereocenters. The second-order valence-electron chi connectivity index (χ2n) is 12.1. The van der Waals surface area contributed by atoms with Crippen LogP contribution in [0.15, 0.2) is 12.7 Å². The number of carbonyl (C=O) groups excluding carboxylic acids is 3. The largest absolute Gasteiger partial charge is 0.466 e. The van der Waals surface area contributed by atoms with E-state index < -0.39 is 34.2 Å². The monoisotopic (exact) mass is 508 g/mol. The summed E-state index contributed by atoms with van der Waals surface area (Å²) in [5, 5.41) is 10.2. The Kier molecular flexibility index (Phi) is 8.07. The van der Waals surface area contributed by atoms with Crippen LogP contribution in [0.2, 0.25) is 0 Å². The van der Waals surface area contributed by atoms with Gasteiger partial charge in [-0.05, 0) is 51.9 Å². The average Bonchev–Trinajstić information content (AvgIpc) is 3.39. The van der Waals surface area contributed by atoms with E-state index in [2.05, 4.69) is 41.2 Å². The van der Waals surface area contributed by atoms with Gasteiger partial charge in [-0.15, -0.1) is 18.3 Å². The van der Waals surface area contributed by atoms with Gasteiger partial charge in [-0.25, -0.2) is 0 Å². The molecule has 3 heterocycles. The van der Waals surface area contributed by atoms with Gasteiger partial charge in [-0.1, -0.05) is 33.8 Å². The highest BCUT2D eigenvalue weighted by atomic mass is 32.2. The van der Waals surface area contributed by atoms with Crippen LogP contribution >= 0.6 is 11.8 Å². The van der Waals surface area contributed by atoms with E-state index >= 15 is 0 Å². The average molecular weight is 509 g/mol. The number of esters is 1. The zero-order valence-corrected chi connectivity index (χ0v) is 23.3. The van der Waals surface area contributed by atoms with Crippen LogP contribution in [0.25, 0.3) is 0 Å². The Hall–Kier alpha value is -1.54. The first kappa shape index (κ1) is 28.0. The number of rotatable bonds is 10. The van der Waals surface area contributed by atoms with Gasteiger partial charge in [-0.2, -0.15) is 0 Å². The van der Waals surface area contributed by atoms with Crippen molar-refractivity contribution in [2.75, 3.05) is 19.8 Å². The van der Waals surface area contributed by atoms with Crippen LogP contribution in [-0.2, 0) is 19.1 Å². The molecule has 1 spiro atoms. The van der Waals surface area contributed by atoms with E-state index in [0.29, 0.717) is 19.4 Å². The number of nitrogens with zero attached hydrogens (tertiary/aromatic N) is 2. The molecule has 1 N–H and O–H groups in total. The number of ether oxygens (including phenoxy) is 1. The maximum Gasteiger partial charge on any atom is 0.310 e. The van der Waals surface area contributed by atoms with E-state index in [1.165, 1.54) is 0 Å². The SMILES string of the molecule is C=CCN(C(=O)C1N([C@@H](CC)CO)C(=O)[C@@H]2[C@H](C(=O)OCC)[C@@H]3CCC12S3)C(C)(C)CC(C)(C)C. The molecule has 0 aromatic heterocycles. The summed E-state index contributed by atoms with van der Waals surface area (Å²) in [6.07, 6.45) is 4.51. The number of aliphatic hydroxyl groups is 1. The Morgan fingerprint density at radius 2 is 1.97 bits per heavy atom. The van der Waals surface area contributed by atoms with Crippen molar-refractivity contribution in [1.82, 2.24) is 9.80 Å². The van der Waals surface area contributed by atoms with Crippen molar-refractivity contribution in [3.8, 4) is 0 Å². The van der Waals surface area contributed by atoms with Gasteiger partial charge in [-0.3, -0.25) is 14.4 Å². The third kappa shape index (κ3) is 4.77. The summed E-state index contributed by atoms with van der Waals surface area (Å²) in [5.74, 6) is -1.79. The molecule has 35 heavy (non-hydrogen) atoms. The van der Waals surface area contributed by atoms with Crippen LogP contribution in [0.1, 0.15) is 74.1 Å². The third-order valence-electron chi connectivity index (χ3n) is 7.88. The topological polar surface area (TPSA) is 87.2 Å². The van der Waals surface area contributed by atoms with Gasteiger partial charge in [0.2, 0.25) is 11.8 Å². The molecular formula is C27H44N2O5S. The molecule has 3 fully saturated rings. The van der Waals surface area contributed by atoms with Crippen molar-refractivity contribution in [3.63, 3.8) is 0 Å². The lowest BCUT2D eigenvalue weighted by atomic mass is 9.71. The number of hydrogen-bond donors (Lipinski definition) is 1. The molecule has 0 aliphatic carbocycles. The summed E-state index contributed by atoms with van der Waals surface area (Å²) in [7, 11) is 0. The van der Waals surface area contributed by atoms with Gasteiger partial charge in [0.1, 0.15) is 6.04 Å². The molecule has 3 rings (SSSR count). The first-order valence-corrected chi connectivity index (χ1v) is 13.9. The quantitative estimate of drug-likeness (QED) is 0.358. The minimum atomic E-state index is -0.731. The molecule has 0 aromatic carbocycles. The van der Waals surface area contributed by atoms with Crippen LogP contribution < -0.4 is 0 Å². The third-order valence-corrected chi connectivity index (χ3v) is 9.83. The fourth-order valence-corrected chi connectivity index (χ4v) is 9.18. The Labute approximate surface area is 215 Å². The van der Waals surface area contributed by atoms with Crippen molar-refractivity contribution < 1.29 is 24.2 Å². The van der Waals surface area contributed by atoms with Gasteiger partial charge in [0.25, 0.3) is 0 Å². The summed E-state index contributed by atoms with van der Waals surface area (Å²) in [4.78, 5) is 45.1. The van der Waals surface area contributed by atoms with E-state index in [4.69, 9.17) is 4.74 Å². The Bertz CT molecular complexity index is 849. The summed E-state index contributed by atoms with van der Waals surface area (Å²) in [6.45, 7) is 18.6. The summed E-state index contributed by atoms with van der Waals surface area (Å²) in [6, 6.07) is -1.21. The number of fused-ring (bicyclic) bond motifs is 1. The molecule has 3 saturated heterocycles.